The summed E-state index contributed by atoms with van der Waals surface area (Å²) in [5, 5.41) is 0. The smallest absolute Gasteiger partial charge is 0.0188 e. The van der Waals surface area contributed by atoms with E-state index >= 15 is 0 Å². The number of benzene rings is 1. The predicted octanol–water partition coefficient (Wildman–Crippen LogP) is 4.85. The van der Waals surface area contributed by atoms with Crippen LogP contribution >= 0.6 is 0 Å². The van der Waals surface area contributed by atoms with Crippen molar-refractivity contribution in [2.45, 2.75) is 59.3 Å². The molecule has 0 aromatic heterocycles. The molecule has 1 aliphatic rings. The number of hydrogen-bond donors (Lipinski definition) is 0. The third-order valence-corrected chi connectivity index (χ3v) is 2.91. The average Bonchev–Trinajstić information content (AvgIpc) is 2.19. The molecule has 1 aliphatic carbocycles. The van der Waals surface area contributed by atoms with Crippen molar-refractivity contribution in [2.24, 2.45) is 0 Å². The van der Waals surface area contributed by atoms with Crippen molar-refractivity contribution in [3.63, 3.8) is 0 Å². The minimum absolute atomic E-state index is 0.786. The van der Waals surface area contributed by atoms with Gasteiger partial charge in [0.2, 0.25) is 0 Å². The van der Waals surface area contributed by atoms with Crippen molar-refractivity contribution < 1.29 is 0 Å². The van der Waals surface area contributed by atoms with E-state index in [1.807, 2.05) is 0 Å². The Morgan fingerprint density at radius 2 is 1.93 bits per heavy atom. The second kappa shape index (κ2) is 5.95. The molecular weight excluding hydrogens is 180 g/mol. The summed E-state index contributed by atoms with van der Waals surface area (Å²) in [7, 11) is 0. The lowest BCUT2D eigenvalue weighted by Gasteiger charge is -2.22. The highest BCUT2D eigenvalue weighted by Crippen LogP contribution is 2.31. The second-order valence-corrected chi connectivity index (χ2v) is 4.70. The fourth-order valence-corrected chi connectivity index (χ4v) is 2.19. The lowest BCUT2D eigenvalue weighted by atomic mass is 9.83. The van der Waals surface area contributed by atoms with Crippen LogP contribution in [0.25, 0.3) is 0 Å². The zero-order valence-electron chi connectivity index (χ0n) is 10.6. The summed E-state index contributed by atoms with van der Waals surface area (Å²) in [4.78, 5) is 0. The summed E-state index contributed by atoms with van der Waals surface area (Å²) < 4.78 is 0. The monoisotopic (exact) mass is 204 g/mol. The van der Waals surface area contributed by atoms with Crippen molar-refractivity contribution in [1.29, 1.82) is 0 Å². The molecule has 0 heteroatoms. The number of rotatable bonds is 0. The van der Waals surface area contributed by atoms with Gasteiger partial charge < -0.3 is 0 Å². The molecule has 0 bridgehead atoms. The minimum Gasteiger partial charge on any atom is -0.0656 e. The van der Waals surface area contributed by atoms with E-state index in [2.05, 4.69) is 45.9 Å². The van der Waals surface area contributed by atoms with Gasteiger partial charge in [-0.3, -0.25) is 0 Å². The van der Waals surface area contributed by atoms with E-state index in [1.54, 1.807) is 11.1 Å². The molecule has 0 fully saturated rings. The first-order valence-electron chi connectivity index (χ1n) is 6.28. The lowest BCUT2D eigenvalue weighted by molar-refractivity contribution is 0.590. The third-order valence-electron chi connectivity index (χ3n) is 2.91. The van der Waals surface area contributed by atoms with Crippen LogP contribution in [0, 0.1) is 6.92 Å². The van der Waals surface area contributed by atoms with Crippen LogP contribution in [0.15, 0.2) is 18.2 Å². The second-order valence-electron chi connectivity index (χ2n) is 4.70. The minimum atomic E-state index is 0.786. The van der Waals surface area contributed by atoms with E-state index < -0.39 is 0 Å². The van der Waals surface area contributed by atoms with Crippen molar-refractivity contribution in [3.8, 4) is 0 Å². The molecule has 1 aromatic carbocycles. The molecule has 0 heterocycles. The third kappa shape index (κ3) is 3.37. The maximum absolute atomic E-state index is 2.35. The SMILES string of the molecule is CCC.Cc1ccc2c(c1)CCCC2C. The van der Waals surface area contributed by atoms with E-state index in [0.29, 0.717) is 0 Å². The Labute approximate surface area is 94.7 Å². The highest BCUT2D eigenvalue weighted by atomic mass is 14.2. The highest BCUT2D eigenvalue weighted by molar-refractivity contribution is 5.35. The fraction of sp³-hybridized carbons (Fsp3) is 0.600. The predicted molar refractivity (Wildman–Crippen MR) is 68.5 cm³/mol. The lowest BCUT2D eigenvalue weighted by Crippen LogP contribution is -2.06. The molecule has 1 atom stereocenters. The summed E-state index contributed by atoms with van der Waals surface area (Å²) in [5.41, 5.74) is 4.59. The largest absolute Gasteiger partial charge is 0.0656 e. The molecule has 0 radical (unpaired) electrons. The molecule has 84 valence electrons. The Balaban J connectivity index is 0.000000337. The van der Waals surface area contributed by atoms with E-state index in [4.69, 9.17) is 0 Å². The molecule has 15 heavy (non-hydrogen) atoms. The number of aryl methyl sites for hydroxylation is 2. The quantitative estimate of drug-likeness (QED) is 0.566. The molecule has 0 nitrogen and oxygen atoms in total. The fourth-order valence-electron chi connectivity index (χ4n) is 2.19. The van der Waals surface area contributed by atoms with E-state index in [1.165, 1.54) is 31.2 Å². The van der Waals surface area contributed by atoms with Crippen LogP contribution in [0.1, 0.15) is 62.6 Å². The van der Waals surface area contributed by atoms with E-state index in [0.717, 1.165) is 5.92 Å². The van der Waals surface area contributed by atoms with Crippen LogP contribution in [-0.2, 0) is 6.42 Å². The number of fused-ring (bicyclic) bond motifs is 1. The van der Waals surface area contributed by atoms with Gasteiger partial charge in [0.25, 0.3) is 0 Å². The number of hydrogen-bond acceptors (Lipinski definition) is 0. The Hall–Kier alpha value is -0.780. The first-order chi connectivity index (χ1) is 7.19. The molecular formula is C15H24. The van der Waals surface area contributed by atoms with Crippen molar-refractivity contribution in [2.75, 3.05) is 0 Å². The van der Waals surface area contributed by atoms with Crippen LogP contribution in [0.5, 0.6) is 0 Å². The Morgan fingerprint density at radius 1 is 1.27 bits per heavy atom. The Kier molecular flexibility index (Phi) is 4.87. The molecule has 0 saturated heterocycles. The topological polar surface area (TPSA) is 0 Å². The Bertz CT molecular complexity index is 299. The van der Waals surface area contributed by atoms with Gasteiger partial charge in [-0.05, 0) is 43.2 Å². The van der Waals surface area contributed by atoms with Crippen LogP contribution in [0.4, 0.5) is 0 Å². The van der Waals surface area contributed by atoms with Crippen molar-refractivity contribution in [3.05, 3.63) is 34.9 Å². The molecule has 0 amide bonds. The van der Waals surface area contributed by atoms with Gasteiger partial charge in [0.05, 0.1) is 0 Å². The Morgan fingerprint density at radius 3 is 2.60 bits per heavy atom. The van der Waals surface area contributed by atoms with Gasteiger partial charge >= 0.3 is 0 Å². The molecule has 0 saturated carbocycles. The summed E-state index contributed by atoms with van der Waals surface area (Å²) in [6.45, 7) is 8.77. The standard InChI is InChI=1S/C12H16.C3H8/c1-9-6-7-12-10(2)4-3-5-11(12)8-9;1-3-2/h6-8,10H,3-5H2,1-2H3;3H2,1-2H3. The summed E-state index contributed by atoms with van der Waals surface area (Å²) in [6, 6.07) is 6.90. The van der Waals surface area contributed by atoms with Crippen LogP contribution in [0.2, 0.25) is 0 Å². The molecule has 0 spiro atoms. The summed E-state index contributed by atoms with van der Waals surface area (Å²) in [6.07, 6.45) is 5.29. The maximum atomic E-state index is 2.35. The maximum Gasteiger partial charge on any atom is -0.0188 e. The molecule has 2 rings (SSSR count). The first kappa shape index (κ1) is 12.3. The molecule has 0 N–H and O–H groups in total. The van der Waals surface area contributed by atoms with Gasteiger partial charge in [-0.2, -0.15) is 0 Å². The summed E-state index contributed by atoms with van der Waals surface area (Å²) >= 11 is 0. The molecule has 0 aliphatic heterocycles. The van der Waals surface area contributed by atoms with E-state index in [9.17, 15) is 0 Å². The van der Waals surface area contributed by atoms with Gasteiger partial charge in [-0.1, -0.05) is 51.0 Å². The highest BCUT2D eigenvalue weighted by Gasteiger charge is 2.15. The van der Waals surface area contributed by atoms with Crippen LogP contribution in [0.3, 0.4) is 0 Å². The zero-order chi connectivity index (χ0) is 11.3. The van der Waals surface area contributed by atoms with Gasteiger partial charge in [0.15, 0.2) is 0 Å². The first-order valence-corrected chi connectivity index (χ1v) is 6.28. The normalized spacial score (nSPS) is 18.8. The molecule has 1 unspecified atom stereocenters. The van der Waals surface area contributed by atoms with E-state index in [-0.39, 0.29) is 0 Å². The average molecular weight is 204 g/mol. The van der Waals surface area contributed by atoms with Crippen molar-refractivity contribution >= 4 is 0 Å². The van der Waals surface area contributed by atoms with Gasteiger partial charge in [-0.15, -0.1) is 0 Å². The molecule has 1 aromatic rings. The van der Waals surface area contributed by atoms with Crippen LogP contribution < -0.4 is 0 Å². The summed E-state index contributed by atoms with van der Waals surface area (Å²) in [5.74, 6) is 0.786. The van der Waals surface area contributed by atoms with Gasteiger partial charge in [-0.25, -0.2) is 0 Å². The van der Waals surface area contributed by atoms with Crippen LogP contribution in [-0.4, -0.2) is 0 Å². The zero-order valence-corrected chi connectivity index (χ0v) is 10.6. The van der Waals surface area contributed by atoms with Crippen molar-refractivity contribution in [1.82, 2.24) is 0 Å². The van der Waals surface area contributed by atoms with Gasteiger partial charge in [0.1, 0.15) is 0 Å². The van der Waals surface area contributed by atoms with Gasteiger partial charge in [0, 0.05) is 0 Å².